The van der Waals surface area contributed by atoms with Gasteiger partial charge in [0.25, 0.3) is 0 Å². The highest BCUT2D eigenvalue weighted by Gasteiger charge is 2.68. The van der Waals surface area contributed by atoms with E-state index in [4.69, 9.17) is 22.7 Å². The summed E-state index contributed by atoms with van der Waals surface area (Å²) in [4.78, 5) is 13.2. The molecule has 0 aliphatic heterocycles. The molecule has 9 atom stereocenters. The molecule has 198 valence electrons. The van der Waals surface area contributed by atoms with Crippen molar-refractivity contribution in [3.63, 3.8) is 0 Å². The summed E-state index contributed by atoms with van der Waals surface area (Å²) in [7, 11) is 0. The first-order valence-corrected chi connectivity index (χ1v) is 15.0. The van der Waals surface area contributed by atoms with Crippen molar-refractivity contribution in [3.05, 3.63) is 0 Å². The third-order valence-electron chi connectivity index (χ3n) is 11.8. The monoisotopic (exact) mass is 503 g/mol. The fourth-order valence-electron chi connectivity index (χ4n) is 10.2. The molecule has 0 amide bonds. The third-order valence-corrected chi connectivity index (χ3v) is 12.1. The number of rotatable bonds is 4. The van der Waals surface area contributed by atoms with Gasteiger partial charge in [0.2, 0.25) is 0 Å². The van der Waals surface area contributed by atoms with Crippen LogP contribution < -0.4 is 16.4 Å². The first-order chi connectivity index (χ1) is 16.6. The van der Waals surface area contributed by atoms with Crippen LogP contribution in [0.15, 0.2) is 0 Å². The summed E-state index contributed by atoms with van der Waals surface area (Å²) in [5.74, 6) is 1.18. The maximum atomic E-state index is 13.2. The molecule has 1 spiro atoms. The Balaban J connectivity index is 1.33. The van der Waals surface area contributed by atoms with Crippen LogP contribution in [0.1, 0.15) is 111 Å². The molecule has 0 aromatic carbocycles. The summed E-state index contributed by atoms with van der Waals surface area (Å²) in [6, 6.07) is 0.938. The number of esters is 1. The number of thiocarbonyl (C=S) groups is 1. The third kappa shape index (κ3) is 4.13. The molecule has 0 aromatic heterocycles. The van der Waals surface area contributed by atoms with Crippen molar-refractivity contribution < 1.29 is 9.53 Å². The summed E-state index contributed by atoms with van der Waals surface area (Å²) in [5.41, 5.74) is 6.95. The zero-order valence-electron chi connectivity index (χ0n) is 22.6. The van der Waals surface area contributed by atoms with E-state index in [0.29, 0.717) is 41.4 Å². The zero-order chi connectivity index (χ0) is 25.1. The van der Waals surface area contributed by atoms with Crippen LogP contribution >= 0.6 is 12.2 Å². The van der Waals surface area contributed by atoms with E-state index < -0.39 is 0 Å². The lowest BCUT2D eigenvalue weighted by atomic mass is 9.40. The van der Waals surface area contributed by atoms with E-state index in [1.807, 2.05) is 6.92 Å². The van der Waals surface area contributed by atoms with Crippen LogP contribution in [-0.2, 0) is 9.53 Å². The van der Waals surface area contributed by atoms with Gasteiger partial charge in [0.15, 0.2) is 5.11 Å². The van der Waals surface area contributed by atoms with Crippen LogP contribution in [0.3, 0.4) is 0 Å². The predicted molar refractivity (Wildman–Crippen MR) is 145 cm³/mol. The average molecular weight is 504 g/mol. The molecule has 6 heteroatoms. The van der Waals surface area contributed by atoms with Gasteiger partial charge < -0.3 is 21.1 Å². The SMILES string of the molecule is CCOC(=O)[C@]1(C)CCC[C@@]2(C)[C@@H]3CC[C@@]4(C)C[C@@]3(CC[C@@H]21)C[C@H]4NC(=S)N[C@H]1CCCC[C@@H]1N. The van der Waals surface area contributed by atoms with Gasteiger partial charge in [-0.3, -0.25) is 4.79 Å². The van der Waals surface area contributed by atoms with Gasteiger partial charge in [0.1, 0.15) is 0 Å². The highest BCUT2D eigenvalue weighted by Crippen LogP contribution is 2.73. The normalized spacial score (nSPS) is 48.9. The van der Waals surface area contributed by atoms with Gasteiger partial charge in [-0.25, -0.2) is 0 Å². The van der Waals surface area contributed by atoms with E-state index in [0.717, 1.165) is 37.2 Å². The van der Waals surface area contributed by atoms with Gasteiger partial charge in [-0.05, 0) is 118 Å². The highest BCUT2D eigenvalue weighted by atomic mass is 32.1. The Labute approximate surface area is 218 Å². The Morgan fingerprint density at radius 1 is 0.971 bits per heavy atom. The molecule has 5 aliphatic carbocycles. The van der Waals surface area contributed by atoms with E-state index in [2.05, 4.69) is 31.4 Å². The predicted octanol–water partition coefficient (Wildman–Crippen LogP) is 5.46. The molecule has 0 heterocycles. The van der Waals surface area contributed by atoms with Crippen LogP contribution in [-0.4, -0.2) is 35.8 Å². The second kappa shape index (κ2) is 9.15. The standard InChI is InChI=1S/C29H49N3O2S/c1-5-34-24(33)28(4)14-8-13-27(3)21(28)12-16-29-17-23(26(2,18-29)15-11-22(27)29)32-25(35)31-20-10-7-6-9-19(20)30/h19-23H,5-18,30H2,1-4H3,(H2,31,32,35)/t19-,20-,21-,22-,23+,26-,27+,28+,29+/m0/s1. The van der Waals surface area contributed by atoms with Gasteiger partial charge >= 0.3 is 5.97 Å². The van der Waals surface area contributed by atoms with Crippen LogP contribution in [0.2, 0.25) is 0 Å². The molecule has 5 aliphatic rings. The van der Waals surface area contributed by atoms with E-state index in [-0.39, 0.29) is 22.8 Å². The van der Waals surface area contributed by atoms with Crippen molar-refractivity contribution in [3.8, 4) is 0 Å². The maximum absolute atomic E-state index is 13.2. The number of hydrogen-bond acceptors (Lipinski definition) is 4. The van der Waals surface area contributed by atoms with Gasteiger partial charge in [-0.2, -0.15) is 0 Å². The maximum Gasteiger partial charge on any atom is 0.312 e. The lowest BCUT2D eigenvalue weighted by Gasteiger charge is -2.64. The molecule has 4 N–H and O–H groups in total. The Hall–Kier alpha value is -0.880. The molecule has 5 rings (SSSR count). The second-order valence-corrected chi connectivity index (χ2v) is 14.2. The minimum atomic E-state index is -0.328. The number of fused-ring (bicyclic) bond motifs is 3. The van der Waals surface area contributed by atoms with Crippen molar-refractivity contribution in [2.75, 3.05) is 6.61 Å². The quantitative estimate of drug-likeness (QED) is 0.350. The van der Waals surface area contributed by atoms with Gasteiger partial charge in [-0.1, -0.05) is 33.1 Å². The summed E-state index contributed by atoms with van der Waals surface area (Å²) in [6.07, 6.45) is 15.5. The number of carbonyl (C=O) groups excluding carboxylic acids is 1. The summed E-state index contributed by atoms with van der Waals surface area (Å²) < 4.78 is 5.64. The van der Waals surface area contributed by atoms with Crippen molar-refractivity contribution in [1.29, 1.82) is 0 Å². The molecule has 35 heavy (non-hydrogen) atoms. The summed E-state index contributed by atoms with van der Waals surface area (Å²) in [5, 5.41) is 8.22. The van der Waals surface area contributed by atoms with E-state index >= 15 is 0 Å². The molecule has 5 fully saturated rings. The first kappa shape index (κ1) is 25.8. The van der Waals surface area contributed by atoms with Crippen LogP contribution in [0, 0.1) is 33.5 Å². The lowest BCUT2D eigenvalue weighted by Crippen LogP contribution is -2.58. The molecular weight excluding hydrogens is 454 g/mol. The Morgan fingerprint density at radius 3 is 2.46 bits per heavy atom. The lowest BCUT2D eigenvalue weighted by molar-refractivity contribution is -0.187. The topological polar surface area (TPSA) is 76.4 Å². The summed E-state index contributed by atoms with van der Waals surface area (Å²) in [6.45, 7) is 9.68. The molecule has 0 saturated heterocycles. The fourth-order valence-corrected chi connectivity index (χ4v) is 10.5. The minimum Gasteiger partial charge on any atom is -0.466 e. The summed E-state index contributed by atoms with van der Waals surface area (Å²) >= 11 is 5.85. The van der Waals surface area contributed by atoms with Gasteiger partial charge in [0.05, 0.1) is 12.0 Å². The van der Waals surface area contributed by atoms with E-state index in [1.54, 1.807) is 0 Å². The number of ether oxygens (including phenoxy) is 1. The van der Waals surface area contributed by atoms with Crippen molar-refractivity contribution in [2.45, 2.75) is 129 Å². The van der Waals surface area contributed by atoms with E-state index in [9.17, 15) is 4.79 Å². The molecular formula is C29H49N3O2S. The molecule has 0 radical (unpaired) electrons. The minimum absolute atomic E-state index is 0.0517. The smallest absolute Gasteiger partial charge is 0.312 e. The van der Waals surface area contributed by atoms with Crippen LogP contribution in [0.25, 0.3) is 0 Å². The largest absolute Gasteiger partial charge is 0.466 e. The Kier molecular flexibility index (Phi) is 6.73. The van der Waals surface area contributed by atoms with E-state index in [1.165, 1.54) is 51.4 Å². The fraction of sp³-hybridized carbons (Fsp3) is 0.931. The number of hydrogen-bond donors (Lipinski definition) is 3. The second-order valence-electron chi connectivity index (χ2n) is 13.8. The number of nitrogens with two attached hydrogens (primary N) is 1. The molecule has 0 unspecified atom stereocenters. The Morgan fingerprint density at radius 2 is 1.71 bits per heavy atom. The van der Waals surface area contributed by atoms with Crippen molar-refractivity contribution >= 4 is 23.3 Å². The molecule has 5 nitrogen and oxygen atoms in total. The van der Waals surface area contributed by atoms with Crippen molar-refractivity contribution in [2.24, 2.45) is 39.2 Å². The number of carbonyl (C=O) groups is 1. The zero-order valence-corrected chi connectivity index (χ0v) is 23.4. The van der Waals surface area contributed by atoms with Crippen LogP contribution in [0.5, 0.6) is 0 Å². The first-order valence-electron chi connectivity index (χ1n) is 14.6. The van der Waals surface area contributed by atoms with Crippen molar-refractivity contribution in [1.82, 2.24) is 10.6 Å². The highest BCUT2D eigenvalue weighted by molar-refractivity contribution is 7.80. The molecule has 5 saturated carbocycles. The van der Waals surface area contributed by atoms with Gasteiger partial charge in [-0.15, -0.1) is 0 Å². The average Bonchev–Trinajstić information content (AvgIpc) is 2.99. The molecule has 2 bridgehead atoms. The Bertz CT molecular complexity index is 852. The molecule has 0 aromatic rings. The number of nitrogens with one attached hydrogen (secondary N) is 2. The van der Waals surface area contributed by atoms with Gasteiger partial charge in [0, 0.05) is 18.1 Å². The van der Waals surface area contributed by atoms with Crippen LogP contribution in [0.4, 0.5) is 0 Å².